The molecule has 0 radical (unpaired) electrons. The number of hydrogen-bond acceptors (Lipinski definition) is 4. The minimum atomic E-state index is 0.684. The number of anilines is 1. The Kier molecular flexibility index (Phi) is 5.55. The average molecular weight is 285 g/mol. The van der Waals surface area contributed by atoms with Crippen LogP contribution in [-0.4, -0.2) is 23.1 Å². The van der Waals surface area contributed by atoms with Crippen molar-refractivity contribution in [3.8, 4) is 17.0 Å². The molecule has 0 atom stereocenters. The fourth-order valence-electron chi connectivity index (χ4n) is 1.99. The van der Waals surface area contributed by atoms with E-state index in [0.717, 1.165) is 48.6 Å². The summed E-state index contributed by atoms with van der Waals surface area (Å²) in [5.41, 5.74) is 3.11. The molecule has 1 N–H and O–H groups in total. The molecule has 0 saturated carbocycles. The van der Waals surface area contributed by atoms with Crippen LogP contribution in [0.1, 0.15) is 32.3 Å². The first-order valence-corrected chi connectivity index (χ1v) is 7.55. The highest BCUT2D eigenvalue weighted by molar-refractivity contribution is 5.64. The summed E-state index contributed by atoms with van der Waals surface area (Å²) in [6.45, 7) is 7.88. The van der Waals surface area contributed by atoms with Gasteiger partial charge in [0.15, 0.2) is 0 Å². The summed E-state index contributed by atoms with van der Waals surface area (Å²) in [5.74, 6) is 1.58. The van der Waals surface area contributed by atoms with Crippen LogP contribution < -0.4 is 10.1 Å². The van der Waals surface area contributed by atoms with Crippen molar-refractivity contribution in [1.82, 2.24) is 9.97 Å². The Labute approximate surface area is 126 Å². The van der Waals surface area contributed by atoms with Gasteiger partial charge in [-0.05, 0) is 49.6 Å². The van der Waals surface area contributed by atoms with Gasteiger partial charge >= 0.3 is 0 Å². The number of nitrogens with zero attached hydrogens (tertiary/aromatic N) is 2. The van der Waals surface area contributed by atoms with Crippen LogP contribution in [-0.2, 0) is 0 Å². The Morgan fingerprint density at radius 2 is 1.86 bits per heavy atom. The van der Waals surface area contributed by atoms with Gasteiger partial charge in [-0.3, -0.25) is 0 Å². The molecule has 0 saturated heterocycles. The molecule has 1 heterocycles. The molecule has 2 rings (SSSR count). The van der Waals surface area contributed by atoms with Crippen molar-refractivity contribution >= 4 is 5.95 Å². The highest BCUT2D eigenvalue weighted by atomic mass is 16.5. The predicted octanol–water partition coefficient (Wildman–Crippen LogP) is 4.06. The highest BCUT2D eigenvalue weighted by Gasteiger charge is 2.06. The van der Waals surface area contributed by atoms with Crippen molar-refractivity contribution in [2.75, 3.05) is 18.5 Å². The third-order valence-electron chi connectivity index (χ3n) is 3.11. The van der Waals surface area contributed by atoms with Crippen LogP contribution in [0.5, 0.6) is 5.75 Å². The number of rotatable bonds is 7. The first-order valence-electron chi connectivity index (χ1n) is 7.55. The monoisotopic (exact) mass is 285 g/mol. The minimum absolute atomic E-state index is 0.684. The van der Waals surface area contributed by atoms with E-state index in [9.17, 15) is 0 Å². The van der Waals surface area contributed by atoms with E-state index < -0.39 is 0 Å². The number of aromatic nitrogens is 2. The van der Waals surface area contributed by atoms with Gasteiger partial charge in [-0.15, -0.1) is 0 Å². The van der Waals surface area contributed by atoms with E-state index in [1.807, 2.05) is 37.4 Å². The smallest absolute Gasteiger partial charge is 0.223 e. The van der Waals surface area contributed by atoms with Crippen molar-refractivity contribution in [2.24, 2.45) is 0 Å². The Morgan fingerprint density at radius 1 is 1.10 bits per heavy atom. The van der Waals surface area contributed by atoms with Gasteiger partial charge in [-0.25, -0.2) is 9.97 Å². The molecule has 112 valence electrons. The fraction of sp³-hybridized carbons (Fsp3) is 0.412. The van der Waals surface area contributed by atoms with Crippen LogP contribution >= 0.6 is 0 Å². The van der Waals surface area contributed by atoms with E-state index in [1.165, 1.54) is 0 Å². The Bertz CT molecular complexity index is 567. The zero-order valence-electron chi connectivity index (χ0n) is 13.0. The molecule has 0 aliphatic carbocycles. The summed E-state index contributed by atoms with van der Waals surface area (Å²) in [4.78, 5) is 8.92. The third-order valence-corrected chi connectivity index (χ3v) is 3.11. The lowest BCUT2D eigenvalue weighted by Crippen LogP contribution is -2.05. The van der Waals surface area contributed by atoms with Gasteiger partial charge in [-0.1, -0.05) is 13.8 Å². The van der Waals surface area contributed by atoms with Gasteiger partial charge in [0.05, 0.1) is 12.3 Å². The fourth-order valence-corrected chi connectivity index (χ4v) is 1.99. The zero-order chi connectivity index (χ0) is 15.1. The van der Waals surface area contributed by atoms with Crippen molar-refractivity contribution in [1.29, 1.82) is 0 Å². The SMILES string of the molecule is CCCNc1ncc(C)c(-c2ccc(OCCC)cc2)n1. The Hall–Kier alpha value is -2.10. The van der Waals surface area contributed by atoms with Crippen LogP contribution in [0.25, 0.3) is 11.3 Å². The molecule has 2 aromatic rings. The number of nitrogens with one attached hydrogen (secondary N) is 1. The van der Waals surface area contributed by atoms with E-state index in [0.29, 0.717) is 5.95 Å². The van der Waals surface area contributed by atoms with Gasteiger partial charge < -0.3 is 10.1 Å². The summed E-state index contributed by atoms with van der Waals surface area (Å²) >= 11 is 0. The number of aryl methyl sites for hydroxylation is 1. The maximum absolute atomic E-state index is 5.61. The van der Waals surface area contributed by atoms with Gasteiger partial charge in [0.25, 0.3) is 0 Å². The molecule has 4 nitrogen and oxygen atoms in total. The molecule has 0 amide bonds. The summed E-state index contributed by atoms with van der Waals surface area (Å²) in [6.07, 6.45) is 3.93. The van der Waals surface area contributed by atoms with Gasteiger partial charge in [-0.2, -0.15) is 0 Å². The van der Waals surface area contributed by atoms with Crippen molar-refractivity contribution < 1.29 is 4.74 Å². The molecule has 0 bridgehead atoms. The molecule has 0 unspecified atom stereocenters. The molecule has 1 aromatic carbocycles. The first kappa shape index (κ1) is 15.3. The van der Waals surface area contributed by atoms with Crippen LogP contribution in [0.3, 0.4) is 0 Å². The summed E-state index contributed by atoms with van der Waals surface area (Å²) in [5, 5.41) is 3.22. The number of ether oxygens (including phenoxy) is 1. The van der Waals surface area contributed by atoms with E-state index in [1.54, 1.807) is 0 Å². The average Bonchev–Trinajstić information content (AvgIpc) is 2.53. The first-order chi connectivity index (χ1) is 10.2. The predicted molar refractivity (Wildman–Crippen MR) is 86.8 cm³/mol. The maximum atomic E-state index is 5.61. The van der Waals surface area contributed by atoms with Crippen molar-refractivity contribution in [3.05, 3.63) is 36.0 Å². The van der Waals surface area contributed by atoms with Gasteiger partial charge in [0, 0.05) is 18.3 Å². The molecule has 4 heteroatoms. The third kappa shape index (κ3) is 4.18. The van der Waals surface area contributed by atoms with Crippen LogP contribution in [0.4, 0.5) is 5.95 Å². The lowest BCUT2D eigenvalue weighted by molar-refractivity contribution is 0.317. The lowest BCUT2D eigenvalue weighted by Gasteiger charge is -2.10. The number of benzene rings is 1. The van der Waals surface area contributed by atoms with Crippen LogP contribution in [0.15, 0.2) is 30.5 Å². The molecule has 1 aromatic heterocycles. The lowest BCUT2D eigenvalue weighted by atomic mass is 10.1. The zero-order valence-corrected chi connectivity index (χ0v) is 13.0. The molecule has 0 aliphatic heterocycles. The summed E-state index contributed by atoms with van der Waals surface area (Å²) in [6, 6.07) is 8.07. The largest absolute Gasteiger partial charge is 0.494 e. The number of hydrogen-bond donors (Lipinski definition) is 1. The standard InChI is InChI=1S/C17H23N3O/c1-4-10-18-17-19-12-13(3)16(20-17)14-6-8-15(9-7-14)21-11-5-2/h6-9,12H,4-5,10-11H2,1-3H3,(H,18,19,20). The molecule has 0 aliphatic rings. The van der Waals surface area contributed by atoms with E-state index in [4.69, 9.17) is 4.74 Å². The summed E-state index contributed by atoms with van der Waals surface area (Å²) < 4.78 is 5.61. The van der Waals surface area contributed by atoms with Gasteiger partial charge in [0.2, 0.25) is 5.95 Å². The second-order valence-electron chi connectivity index (χ2n) is 5.02. The van der Waals surface area contributed by atoms with Crippen LogP contribution in [0.2, 0.25) is 0 Å². The molecular formula is C17H23N3O. The van der Waals surface area contributed by atoms with E-state index >= 15 is 0 Å². The molecule has 0 fully saturated rings. The second-order valence-corrected chi connectivity index (χ2v) is 5.02. The minimum Gasteiger partial charge on any atom is -0.494 e. The quantitative estimate of drug-likeness (QED) is 0.833. The van der Waals surface area contributed by atoms with Crippen molar-refractivity contribution in [2.45, 2.75) is 33.6 Å². The molecular weight excluding hydrogens is 262 g/mol. The topological polar surface area (TPSA) is 47.0 Å². The summed E-state index contributed by atoms with van der Waals surface area (Å²) in [7, 11) is 0. The van der Waals surface area contributed by atoms with Gasteiger partial charge in [0.1, 0.15) is 5.75 Å². The van der Waals surface area contributed by atoms with E-state index in [-0.39, 0.29) is 0 Å². The Morgan fingerprint density at radius 3 is 2.52 bits per heavy atom. The second kappa shape index (κ2) is 7.62. The molecule has 0 spiro atoms. The normalized spacial score (nSPS) is 10.4. The van der Waals surface area contributed by atoms with Crippen molar-refractivity contribution in [3.63, 3.8) is 0 Å². The molecule has 21 heavy (non-hydrogen) atoms. The highest BCUT2D eigenvalue weighted by Crippen LogP contribution is 2.24. The van der Waals surface area contributed by atoms with E-state index in [2.05, 4.69) is 29.1 Å². The maximum Gasteiger partial charge on any atom is 0.223 e. The van der Waals surface area contributed by atoms with Crippen LogP contribution in [0, 0.1) is 6.92 Å². The Balaban J connectivity index is 2.19.